The molecular weight excluding hydrogens is 292 g/mol. The topological polar surface area (TPSA) is 79.9 Å². The van der Waals surface area contributed by atoms with Crippen molar-refractivity contribution in [3.63, 3.8) is 0 Å². The van der Waals surface area contributed by atoms with Gasteiger partial charge in [-0.25, -0.2) is 9.97 Å². The molecule has 1 amide bonds. The number of methoxy groups -OCH3 is 1. The average molecular weight is 310 g/mol. The minimum absolute atomic E-state index is 0.00207. The van der Waals surface area contributed by atoms with Crippen molar-refractivity contribution in [1.29, 1.82) is 0 Å². The molecule has 0 saturated heterocycles. The van der Waals surface area contributed by atoms with Gasteiger partial charge in [0.15, 0.2) is 0 Å². The number of rotatable bonds is 5. The molecule has 3 heterocycles. The maximum atomic E-state index is 11.8. The van der Waals surface area contributed by atoms with Gasteiger partial charge in [0.25, 0.3) is 0 Å². The Kier molecular flexibility index (Phi) is 4.23. The molecule has 3 aromatic heterocycles. The number of pyridine rings is 2. The maximum absolute atomic E-state index is 11.8. The Morgan fingerprint density at radius 1 is 1.39 bits per heavy atom. The van der Waals surface area contributed by atoms with E-state index in [2.05, 4.69) is 20.3 Å². The van der Waals surface area contributed by atoms with E-state index in [-0.39, 0.29) is 5.91 Å². The fraction of sp³-hybridized carbons (Fsp3) is 0.235. The van der Waals surface area contributed by atoms with Crippen LogP contribution in [-0.2, 0) is 11.2 Å². The molecule has 23 heavy (non-hydrogen) atoms. The minimum Gasteiger partial charge on any atom is -0.481 e. The lowest BCUT2D eigenvalue weighted by Crippen LogP contribution is -2.24. The Balaban J connectivity index is 2.02. The number of H-pyrrole nitrogens is 1. The zero-order chi connectivity index (χ0) is 16.2. The second-order valence-electron chi connectivity index (χ2n) is 5.12. The van der Waals surface area contributed by atoms with Gasteiger partial charge in [0.1, 0.15) is 5.65 Å². The quantitative estimate of drug-likeness (QED) is 0.758. The number of aromatic nitrogens is 3. The molecule has 118 valence electrons. The molecule has 0 saturated carbocycles. The van der Waals surface area contributed by atoms with Gasteiger partial charge in [-0.05, 0) is 30.7 Å². The van der Waals surface area contributed by atoms with Crippen LogP contribution in [0, 0.1) is 0 Å². The number of carbonyl (C=O) groups is 1. The van der Waals surface area contributed by atoms with Crippen LogP contribution >= 0.6 is 0 Å². The fourth-order valence-electron chi connectivity index (χ4n) is 2.56. The van der Waals surface area contributed by atoms with Crippen LogP contribution in [0.4, 0.5) is 0 Å². The normalized spacial score (nSPS) is 10.7. The molecule has 0 atom stereocenters. The lowest BCUT2D eigenvalue weighted by Gasteiger charge is -2.07. The Morgan fingerprint density at radius 2 is 2.26 bits per heavy atom. The molecule has 2 N–H and O–H groups in total. The average Bonchev–Trinajstić information content (AvgIpc) is 2.97. The van der Waals surface area contributed by atoms with Crippen molar-refractivity contribution in [2.45, 2.75) is 13.3 Å². The Morgan fingerprint density at radius 3 is 3.04 bits per heavy atom. The second kappa shape index (κ2) is 6.48. The third kappa shape index (κ3) is 3.01. The van der Waals surface area contributed by atoms with Crippen LogP contribution in [-0.4, -0.2) is 34.5 Å². The molecule has 0 aliphatic carbocycles. The molecule has 6 heteroatoms. The number of hydrogen-bond acceptors (Lipinski definition) is 4. The Labute approximate surface area is 133 Å². The van der Waals surface area contributed by atoms with Crippen LogP contribution in [0.25, 0.3) is 22.2 Å². The molecule has 0 radical (unpaired) electrons. The van der Waals surface area contributed by atoms with E-state index in [4.69, 9.17) is 4.74 Å². The summed E-state index contributed by atoms with van der Waals surface area (Å²) in [7, 11) is 1.59. The molecule has 0 fully saturated rings. The number of amides is 1. The molecule has 0 bridgehead atoms. The van der Waals surface area contributed by atoms with Crippen molar-refractivity contribution >= 4 is 16.9 Å². The molecule has 0 aliphatic heterocycles. The summed E-state index contributed by atoms with van der Waals surface area (Å²) in [6.45, 7) is 2.53. The number of ether oxygens (including phenoxy) is 1. The van der Waals surface area contributed by atoms with Gasteiger partial charge in [0.2, 0.25) is 11.8 Å². The van der Waals surface area contributed by atoms with Crippen LogP contribution in [0.15, 0.2) is 36.8 Å². The number of aromatic amines is 1. The molecule has 0 aromatic carbocycles. The summed E-state index contributed by atoms with van der Waals surface area (Å²) in [6, 6.07) is 5.80. The number of likely N-dealkylation sites (N-methyl/N-ethyl adjacent to an activating group) is 1. The van der Waals surface area contributed by atoms with Gasteiger partial charge in [-0.1, -0.05) is 0 Å². The van der Waals surface area contributed by atoms with E-state index in [1.165, 1.54) is 0 Å². The highest BCUT2D eigenvalue weighted by molar-refractivity contribution is 5.89. The molecule has 3 rings (SSSR count). The summed E-state index contributed by atoms with van der Waals surface area (Å²) in [5.41, 5.74) is 3.45. The monoisotopic (exact) mass is 310 g/mol. The van der Waals surface area contributed by atoms with Gasteiger partial charge in [0.05, 0.1) is 13.5 Å². The van der Waals surface area contributed by atoms with Crippen molar-refractivity contribution in [1.82, 2.24) is 20.3 Å². The first kappa shape index (κ1) is 15.0. The molecule has 0 unspecified atom stereocenters. The third-order valence-corrected chi connectivity index (χ3v) is 3.62. The summed E-state index contributed by atoms with van der Waals surface area (Å²) < 4.78 is 5.31. The highest BCUT2D eigenvalue weighted by Crippen LogP contribution is 2.30. The van der Waals surface area contributed by atoms with E-state index in [1.54, 1.807) is 19.5 Å². The number of carbonyl (C=O) groups excluding carboxylic acids is 1. The predicted molar refractivity (Wildman–Crippen MR) is 88.3 cm³/mol. The van der Waals surface area contributed by atoms with Gasteiger partial charge in [0, 0.05) is 41.6 Å². The lowest BCUT2D eigenvalue weighted by molar-refractivity contribution is -0.120. The lowest BCUT2D eigenvalue weighted by atomic mass is 10.1. The van der Waals surface area contributed by atoms with Crippen molar-refractivity contribution in [3.05, 3.63) is 42.4 Å². The Bertz CT molecular complexity index is 841. The van der Waals surface area contributed by atoms with Crippen LogP contribution in [0.2, 0.25) is 0 Å². The minimum atomic E-state index is -0.00207. The highest BCUT2D eigenvalue weighted by atomic mass is 16.5. The van der Waals surface area contributed by atoms with Gasteiger partial charge in [-0.3, -0.25) is 4.79 Å². The van der Waals surface area contributed by atoms with Gasteiger partial charge in [-0.15, -0.1) is 0 Å². The Hall–Kier alpha value is -2.89. The smallest absolute Gasteiger partial charge is 0.224 e. The summed E-state index contributed by atoms with van der Waals surface area (Å²) in [6.07, 6.45) is 5.61. The van der Waals surface area contributed by atoms with Crippen LogP contribution in [0.3, 0.4) is 0 Å². The standard InChI is InChI=1S/C17H18N4O2/c1-3-18-15(22)8-12-10-21-16-14(12)7-11(9-20-16)13-5-4-6-19-17(13)23-2/h4-7,9-10H,3,8H2,1-2H3,(H,18,22)(H,20,21). The van der Waals surface area contributed by atoms with E-state index in [0.717, 1.165) is 27.7 Å². The van der Waals surface area contributed by atoms with Crippen molar-refractivity contribution in [2.24, 2.45) is 0 Å². The van der Waals surface area contributed by atoms with E-state index < -0.39 is 0 Å². The third-order valence-electron chi connectivity index (χ3n) is 3.62. The van der Waals surface area contributed by atoms with E-state index in [9.17, 15) is 4.79 Å². The van der Waals surface area contributed by atoms with E-state index >= 15 is 0 Å². The van der Waals surface area contributed by atoms with E-state index in [1.807, 2.05) is 31.3 Å². The molecule has 6 nitrogen and oxygen atoms in total. The van der Waals surface area contributed by atoms with Crippen LogP contribution in [0.5, 0.6) is 5.88 Å². The molecule has 0 aliphatic rings. The zero-order valence-corrected chi connectivity index (χ0v) is 13.1. The zero-order valence-electron chi connectivity index (χ0n) is 13.1. The molecule has 0 spiro atoms. The largest absolute Gasteiger partial charge is 0.481 e. The predicted octanol–water partition coefficient (Wildman–Crippen LogP) is 2.31. The first-order valence-corrected chi connectivity index (χ1v) is 7.45. The first-order valence-electron chi connectivity index (χ1n) is 7.45. The van der Waals surface area contributed by atoms with Gasteiger partial charge >= 0.3 is 0 Å². The SMILES string of the molecule is CCNC(=O)Cc1c[nH]c2ncc(-c3cccnc3OC)cc12. The van der Waals surface area contributed by atoms with Crippen LogP contribution < -0.4 is 10.1 Å². The second-order valence-corrected chi connectivity index (χ2v) is 5.12. The maximum Gasteiger partial charge on any atom is 0.224 e. The van der Waals surface area contributed by atoms with Crippen LogP contribution in [0.1, 0.15) is 12.5 Å². The summed E-state index contributed by atoms with van der Waals surface area (Å²) >= 11 is 0. The van der Waals surface area contributed by atoms with Gasteiger partial charge < -0.3 is 15.0 Å². The van der Waals surface area contributed by atoms with Gasteiger partial charge in [-0.2, -0.15) is 0 Å². The van der Waals surface area contributed by atoms with Crippen molar-refractivity contribution in [3.8, 4) is 17.0 Å². The fourth-order valence-corrected chi connectivity index (χ4v) is 2.56. The summed E-state index contributed by atoms with van der Waals surface area (Å²) in [5.74, 6) is 0.548. The molecule has 3 aromatic rings. The van der Waals surface area contributed by atoms with Crippen molar-refractivity contribution < 1.29 is 9.53 Å². The number of fused-ring (bicyclic) bond motifs is 1. The van der Waals surface area contributed by atoms with E-state index in [0.29, 0.717) is 18.8 Å². The first-order chi connectivity index (χ1) is 11.2. The number of nitrogens with one attached hydrogen (secondary N) is 2. The number of nitrogens with zero attached hydrogens (tertiary/aromatic N) is 2. The summed E-state index contributed by atoms with van der Waals surface area (Å²) in [5, 5.41) is 3.74. The summed E-state index contributed by atoms with van der Waals surface area (Å²) in [4.78, 5) is 23.6. The van der Waals surface area contributed by atoms with Crippen molar-refractivity contribution in [2.75, 3.05) is 13.7 Å². The number of hydrogen-bond donors (Lipinski definition) is 2. The highest BCUT2D eigenvalue weighted by Gasteiger charge is 2.12. The molecular formula is C17H18N4O2.